The van der Waals surface area contributed by atoms with Crippen LogP contribution >= 0.6 is 0 Å². The Morgan fingerprint density at radius 3 is 2.46 bits per heavy atom. The molecule has 9 heteroatoms. The lowest BCUT2D eigenvalue weighted by molar-refractivity contribution is -0.182. The lowest BCUT2D eigenvalue weighted by Crippen LogP contribution is -2.42. The average Bonchev–Trinajstić information content (AvgIpc) is 3.17. The summed E-state index contributed by atoms with van der Waals surface area (Å²) in [7, 11) is 0. The van der Waals surface area contributed by atoms with Gasteiger partial charge in [0.1, 0.15) is 29.6 Å². The van der Waals surface area contributed by atoms with E-state index in [1.165, 1.54) is 23.5 Å². The number of nitrogen functional groups attached to an aromatic ring is 1. The molecule has 1 aromatic carbocycles. The molecule has 2 aromatic rings. The smallest absolute Gasteiger partial charge is 0.249 e. The molecule has 0 bridgehead atoms. The maximum absolute atomic E-state index is 13.6. The number of amides is 1. The van der Waals surface area contributed by atoms with E-state index >= 15 is 0 Å². The molecule has 0 aliphatic carbocycles. The molecule has 4 rings (SSSR count). The van der Waals surface area contributed by atoms with E-state index in [0.29, 0.717) is 50.3 Å². The molecule has 2 aliphatic heterocycles. The molecule has 0 spiro atoms. The Hall–Kier alpha value is -2.81. The zero-order chi connectivity index (χ0) is 19.7. The zero-order valence-corrected chi connectivity index (χ0v) is 15.2. The van der Waals surface area contributed by atoms with Crippen LogP contribution in [0.5, 0.6) is 0 Å². The second kappa shape index (κ2) is 7.67. The summed E-state index contributed by atoms with van der Waals surface area (Å²) >= 11 is 0. The molecule has 148 valence electrons. The number of halogens is 2. The van der Waals surface area contributed by atoms with Crippen molar-refractivity contribution in [3.05, 3.63) is 47.8 Å². The number of hydroxylamine groups is 2. The number of anilines is 2. The van der Waals surface area contributed by atoms with Crippen molar-refractivity contribution in [2.24, 2.45) is 5.92 Å². The number of hydrogen-bond acceptors (Lipinski definition) is 6. The Morgan fingerprint density at radius 1 is 1.07 bits per heavy atom. The van der Waals surface area contributed by atoms with Gasteiger partial charge in [-0.25, -0.2) is 23.8 Å². The average molecular weight is 389 g/mol. The SMILES string of the molecule is Nc1cc(N2CCC(C(=O)N3OCC[C@H]3c3cc(F)cc(F)c3)CC2)ncn1. The zero-order valence-electron chi connectivity index (χ0n) is 15.2. The van der Waals surface area contributed by atoms with Crippen LogP contribution in [-0.4, -0.2) is 40.6 Å². The summed E-state index contributed by atoms with van der Waals surface area (Å²) < 4.78 is 27.2. The molecule has 0 radical (unpaired) electrons. The first-order valence-corrected chi connectivity index (χ1v) is 9.25. The van der Waals surface area contributed by atoms with Crippen molar-refractivity contribution >= 4 is 17.5 Å². The van der Waals surface area contributed by atoms with Crippen molar-refractivity contribution in [3.8, 4) is 0 Å². The number of carbonyl (C=O) groups excluding carboxylic acids is 1. The van der Waals surface area contributed by atoms with Crippen LogP contribution < -0.4 is 10.6 Å². The van der Waals surface area contributed by atoms with Gasteiger partial charge in [-0.05, 0) is 30.5 Å². The summed E-state index contributed by atoms with van der Waals surface area (Å²) in [6, 6.07) is 4.56. The van der Waals surface area contributed by atoms with Crippen LogP contribution in [0.15, 0.2) is 30.6 Å². The van der Waals surface area contributed by atoms with Crippen LogP contribution in [-0.2, 0) is 9.63 Å². The van der Waals surface area contributed by atoms with Gasteiger partial charge in [-0.15, -0.1) is 0 Å². The van der Waals surface area contributed by atoms with E-state index in [1.54, 1.807) is 6.07 Å². The van der Waals surface area contributed by atoms with Crippen molar-refractivity contribution in [1.29, 1.82) is 0 Å². The highest BCUT2D eigenvalue weighted by Gasteiger charge is 2.37. The van der Waals surface area contributed by atoms with E-state index in [-0.39, 0.29) is 11.8 Å². The highest BCUT2D eigenvalue weighted by molar-refractivity contribution is 5.79. The molecular weight excluding hydrogens is 368 g/mol. The number of hydrogen-bond donors (Lipinski definition) is 1. The monoisotopic (exact) mass is 389 g/mol. The maximum Gasteiger partial charge on any atom is 0.249 e. The minimum Gasteiger partial charge on any atom is -0.384 e. The van der Waals surface area contributed by atoms with E-state index in [9.17, 15) is 13.6 Å². The van der Waals surface area contributed by atoms with E-state index in [1.807, 2.05) is 0 Å². The summed E-state index contributed by atoms with van der Waals surface area (Å²) in [6.45, 7) is 1.65. The summed E-state index contributed by atoms with van der Waals surface area (Å²) in [5, 5.41) is 1.30. The van der Waals surface area contributed by atoms with Crippen molar-refractivity contribution in [2.75, 3.05) is 30.3 Å². The predicted octanol–water partition coefficient (Wildman–Crippen LogP) is 2.46. The Morgan fingerprint density at radius 2 is 1.79 bits per heavy atom. The molecule has 2 aliphatic rings. The van der Waals surface area contributed by atoms with Gasteiger partial charge < -0.3 is 10.6 Å². The van der Waals surface area contributed by atoms with Crippen LogP contribution in [0.1, 0.15) is 30.9 Å². The first kappa shape index (κ1) is 18.5. The molecule has 28 heavy (non-hydrogen) atoms. The van der Waals surface area contributed by atoms with Crippen LogP contribution in [0.4, 0.5) is 20.4 Å². The second-order valence-electron chi connectivity index (χ2n) is 7.07. The first-order valence-electron chi connectivity index (χ1n) is 9.25. The van der Waals surface area contributed by atoms with Crippen molar-refractivity contribution < 1.29 is 18.4 Å². The Kier molecular flexibility index (Phi) is 5.08. The number of nitrogens with zero attached hydrogens (tertiary/aromatic N) is 4. The summed E-state index contributed by atoms with van der Waals surface area (Å²) in [5.41, 5.74) is 6.12. The van der Waals surface area contributed by atoms with Gasteiger partial charge in [0.05, 0.1) is 12.6 Å². The number of nitrogens with two attached hydrogens (primary N) is 1. The van der Waals surface area contributed by atoms with E-state index < -0.39 is 17.7 Å². The molecule has 1 atom stereocenters. The largest absolute Gasteiger partial charge is 0.384 e. The third kappa shape index (κ3) is 3.75. The molecule has 7 nitrogen and oxygen atoms in total. The first-order chi connectivity index (χ1) is 13.5. The lowest BCUT2D eigenvalue weighted by Gasteiger charge is -2.34. The number of carbonyl (C=O) groups is 1. The quantitative estimate of drug-likeness (QED) is 0.868. The fourth-order valence-electron chi connectivity index (χ4n) is 3.83. The lowest BCUT2D eigenvalue weighted by atomic mass is 9.94. The second-order valence-corrected chi connectivity index (χ2v) is 7.07. The number of benzene rings is 1. The Bertz CT molecular complexity index is 853. The molecule has 2 saturated heterocycles. The summed E-state index contributed by atoms with van der Waals surface area (Å²) in [4.78, 5) is 28.7. The molecule has 1 amide bonds. The van der Waals surface area contributed by atoms with Crippen LogP contribution in [0, 0.1) is 17.6 Å². The highest BCUT2D eigenvalue weighted by Crippen LogP contribution is 2.34. The molecule has 0 unspecified atom stereocenters. The molecular formula is C19H21F2N5O2. The third-order valence-corrected chi connectivity index (χ3v) is 5.23. The van der Waals surface area contributed by atoms with E-state index in [0.717, 1.165) is 11.9 Å². The van der Waals surface area contributed by atoms with Gasteiger partial charge in [0.15, 0.2) is 0 Å². The fraction of sp³-hybridized carbons (Fsp3) is 0.421. The molecule has 1 aromatic heterocycles. The summed E-state index contributed by atoms with van der Waals surface area (Å²) in [6.07, 6.45) is 3.19. The minimum absolute atomic E-state index is 0.144. The fourth-order valence-corrected chi connectivity index (χ4v) is 3.83. The van der Waals surface area contributed by atoms with E-state index in [2.05, 4.69) is 14.9 Å². The Labute approximate surface area is 161 Å². The maximum atomic E-state index is 13.6. The Balaban J connectivity index is 1.43. The number of aromatic nitrogens is 2. The van der Waals surface area contributed by atoms with E-state index in [4.69, 9.17) is 10.6 Å². The van der Waals surface area contributed by atoms with Gasteiger partial charge in [-0.2, -0.15) is 0 Å². The van der Waals surface area contributed by atoms with Gasteiger partial charge in [-0.3, -0.25) is 9.63 Å². The molecule has 3 heterocycles. The topological polar surface area (TPSA) is 84.6 Å². The van der Waals surface area contributed by atoms with Gasteiger partial charge in [0.25, 0.3) is 0 Å². The minimum atomic E-state index is -0.660. The summed E-state index contributed by atoms with van der Waals surface area (Å²) in [5.74, 6) is -0.537. The van der Waals surface area contributed by atoms with Crippen molar-refractivity contribution in [1.82, 2.24) is 15.0 Å². The van der Waals surface area contributed by atoms with Crippen LogP contribution in [0.3, 0.4) is 0 Å². The van der Waals surface area contributed by atoms with Gasteiger partial charge in [-0.1, -0.05) is 0 Å². The van der Waals surface area contributed by atoms with Crippen LogP contribution in [0.2, 0.25) is 0 Å². The third-order valence-electron chi connectivity index (χ3n) is 5.23. The normalized spacial score (nSPS) is 20.6. The van der Waals surface area contributed by atoms with Crippen molar-refractivity contribution in [2.45, 2.75) is 25.3 Å². The van der Waals surface area contributed by atoms with Gasteiger partial charge in [0, 0.05) is 37.6 Å². The molecule has 0 saturated carbocycles. The molecule has 2 N–H and O–H groups in total. The predicted molar refractivity (Wildman–Crippen MR) is 97.9 cm³/mol. The van der Waals surface area contributed by atoms with Gasteiger partial charge in [0.2, 0.25) is 5.91 Å². The standard InChI is InChI=1S/C19H21F2N5O2/c20-14-7-13(8-15(21)9-14)16-3-6-28-26(16)19(27)12-1-4-25(5-2-12)18-10-17(22)23-11-24-18/h7-12,16H,1-6H2,(H2,22,23,24)/t16-/m0/s1. The van der Waals surface area contributed by atoms with Gasteiger partial charge >= 0.3 is 0 Å². The highest BCUT2D eigenvalue weighted by atomic mass is 19.1. The van der Waals surface area contributed by atoms with Crippen LogP contribution in [0.25, 0.3) is 0 Å². The number of rotatable bonds is 3. The molecule has 2 fully saturated rings. The number of piperidine rings is 1. The van der Waals surface area contributed by atoms with Crippen molar-refractivity contribution in [3.63, 3.8) is 0 Å².